The molecular weight excluding hydrogens is 374 g/mol. The molecule has 2 aromatic rings. The van der Waals surface area contributed by atoms with Crippen LogP contribution < -0.4 is 4.90 Å². The van der Waals surface area contributed by atoms with Gasteiger partial charge in [-0.3, -0.25) is 4.90 Å². The summed E-state index contributed by atoms with van der Waals surface area (Å²) in [4.78, 5) is 12.2. The third-order valence-electron chi connectivity index (χ3n) is 5.25. The van der Waals surface area contributed by atoms with E-state index in [0.717, 1.165) is 38.4 Å². The Kier molecular flexibility index (Phi) is 5.14. The van der Waals surface area contributed by atoms with Crippen molar-refractivity contribution in [2.45, 2.75) is 44.3 Å². The number of anilines is 1. The lowest BCUT2D eigenvalue weighted by atomic mass is 10.0. The first-order chi connectivity index (χ1) is 13.0. The van der Waals surface area contributed by atoms with Gasteiger partial charge in [-0.1, -0.05) is 17.7 Å². The van der Waals surface area contributed by atoms with Crippen molar-refractivity contribution < 1.29 is 13.9 Å². The molecule has 0 radical (unpaired) electrons. The van der Waals surface area contributed by atoms with Crippen LogP contribution in [0.1, 0.15) is 31.2 Å². The lowest BCUT2D eigenvalue weighted by molar-refractivity contribution is 0.155. The highest BCUT2D eigenvalue weighted by Gasteiger charge is 2.36. The lowest BCUT2D eigenvalue weighted by Gasteiger charge is -2.39. The highest BCUT2D eigenvalue weighted by atomic mass is 35.5. The number of halogens is 3. The average molecular weight is 395 g/mol. The third-order valence-corrected chi connectivity index (χ3v) is 5.48. The van der Waals surface area contributed by atoms with Crippen molar-refractivity contribution in [3.63, 3.8) is 0 Å². The Morgan fingerprint density at radius 1 is 1.19 bits per heavy atom. The zero-order valence-corrected chi connectivity index (χ0v) is 15.5. The van der Waals surface area contributed by atoms with Gasteiger partial charge in [-0.15, -0.1) is 0 Å². The van der Waals surface area contributed by atoms with Crippen LogP contribution >= 0.6 is 11.6 Å². The second-order valence-corrected chi connectivity index (χ2v) is 7.66. The average Bonchev–Trinajstić information content (AvgIpc) is 3.48. The molecule has 0 amide bonds. The van der Waals surface area contributed by atoms with E-state index in [1.54, 1.807) is 12.1 Å². The Balaban J connectivity index is 1.51. The van der Waals surface area contributed by atoms with Gasteiger partial charge < -0.3 is 10.0 Å². The van der Waals surface area contributed by atoms with Crippen molar-refractivity contribution in [2.75, 3.05) is 18.0 Å². The van der Waals surface area contributed by atoms with Crippen LogP contribution in [0, 0.1) is 11.6 Å². The van der Waals surface area contributed by atoms with Crippen LogP contribution in [0.2, 0.25) is 5.02 Å². The summed E-state index contributed by atoms with van der Waals surface area (Å²) in [6, 6.07) is 5.48. The van der Waals surface area contributed by atoms with Crippen molar-refractivity contribution in [2.24, 2.45) is 0 Å². The molecule has 0 unspecified atom stereocenters. The van der Waals surface area contributed by atoms with Crippen molar-refractivity contribution in [1.29, 1.82) is 0 Å². The van der Waals surface area contributed by atoms with Gasteiger partial charge >= 0.3 is 0 Å². The van der Waals surface area contributed by atoms with Gasteiger partial charge in [0.15, 0.2) is 0 Å². The minimum atomic E-state index is -0.829. The minimum absolute atomic E-state index is 0.220. The van der Waals surface area contributed by atoms with E-state index >= 15 is 0 Å². The maximum absolute atomic E-state index is 14.3. The molecule has 1 aromatic carbocycles. The number of benzene rings is 1. The summed E-state index contributed by atoms with van der Waals surface area (Å²) in [6.45, 7) is 1.94. The van der Waals surface area contributed by atoms with Gasteiger partial charge in [-0.05, 0) is 37.8 Å². The fourth-order valence-corrected chi connectivity index (χ4v) is 3.88. The standard InChI is InChI=1S/C19H21ClF2N4O/c20-13-4-3-12(16(21)8-13)10-26(14-5-6-14)15-2-1-7-25(11-15)19-23-9-17(22)18(27)24-19/h3-4,8-9,14-15H,1-2,5-7,10-11H2,(H,23,24,27)/t15-/m1/s1. The van der Waals surface area contributed by atoms with Crippen LogP contribution in [0.15, 0.2) is 24.4 Å². The van der Waals surface area contributed by atoms with Gasteiger partial charge in [0, 0.05) is 42.3 Å². The largest absolute Gasteiger partial charge is 0.491 e. The van der Waals surface area contributed by atoms with E-state index in [-0.39, 0.29) is 11.9 Å². The Hall–Kier alpha value is -1.99. The zero-order valence-electron chi connectivity index (χ0n) is 14.8. The maximum Gasteiger partial charge on any atom is 0.252 e. The van der Waals surface area contributed by atoms with E-state index in [4.69, 9.17) is 11.6 Å². The predicted molar refractivity (Wildman–Crippen MR) is 98.9 cm³/mol. The molecule has 1 aromatic heterocycles. The molecule has 2 heterocycles. The summed E-state index contributed by atoms with van der Waals surface area (Å²) >= 11 is 5.87. The summed E-state index contributed by atoms with van der Waals surface area (Å²) in [5, 5.41) is 9.93. The first-order valence-electron chi connectivity index (χ1n) is 9.17. The molecule has 1 N–H and O–H groups in total. The number of rotatable bonds is 5. The Morgan fingerprint density at radius 2 is 2.00 bits per heavy atom. The number of hydrogen-bond donors (Lipinski definition) is 1. The topological polar surface area (TPSA) is 52.5 Å². The first kappa shape index (κ1) is 18.4. The van der Waals surface area contributed by atoms with Crippen molar-refractivity contribution >= 4 is 17.5 Å². The number of hydrogen-bond acceptors (Lipinski definition) is 5. The molecule has 1 aliphatic heterocycles. The zero-order chi connectivity index (χ0) is 19.0. The van der Waals surface area contributed by atoms with E-state index in [2.05, 4.69) is 14.9 Å². The van der Waals surface area contributed by atoms with Gasteiger partial charge in [0.1, 0.15) is 5.82 Å². The smallest absolute Gasteiger partial charge is 0.252 e. The number of nitrogens with zero attached hydrogens (tertiary/aromatic N) is 4. The Bertz CT molecular complexity index is 833. The Labute approximate surface area is 161 Å². The fraction of sp³-hybridized carbons (Fsp3) is 0.474. The maximum atomic E-state index is 14.3. The molecule has 2 fully saturated rings. The summed E-state index contributed by atoms with van der Waals surface area (Å²) in [6.07, 6.45) is 5.13. The number of aromatic hydroxyl groups is 1. The number of aromatic nitrogens is 2. The van der Waals surface area contributed by atoms with Crippen molar-refractivity contribution in [1.82, 2.24) is 14.9 Å². The summed E-state index contributed by atoms with van der Waals surface area (Å²) in [7, 11) is 0. The fourth-order valence-electron chi connectivity index (χ4n) is 3.72. The molecule has 27 heavy (non-hydrogen) atoms. The minimum Gasteiger partial charge on any atom is -0.491 e. The van der Waals surface area contributed by atoms with E-state index in [1.807, 2.05) is 4.90 Å². The molecule has 1 atom stereocenters. The second kappa shape index (κ2) is 7.56. The molecule has 8 heteroatoms. The van der Waals surface area contributed by atoms with Crippen LogP contribution in [0.4, 0.5) is 14.7 Å². The first-order valence-corrected chi connectivity index (χ1v) is 9.55. The van der Waals surface area contributed by atoms with Crippen molar-refractivity contribution in [3.05, 3.63) is 46.6 Å². The van der Waals surface area contributed by atoms with Gasteiger partial charge in [0.2, 0.25) is 11.8 Å². The summed E-state index contributed by atoms with van der Waals surface area (Å²) in [5.41, 5.74) is 0.638. The highest BCUT2D eigenvalue weighted by Crippen LogP contribution is 2.34. The molecule has 5 nitrogen and oxygen atoms in total. The van der Waals surface area contributed by atoms with Crippen LogP contribution in [0.25, 0.3) is 0 Å². The van der Waals surface area contributed by atoms with Gasteiger partial charge in [0.25, 0.3) is 5.88 Å². The molecule has 2 aliphatic rings. The number of piperidine rings is 1. The lowest BCUT2D eigenvalue weighted by Crippen LogP contribution is -2.49. The van der Waals surface area contributed by atoms with Crippen LogP contribution in [-0.4, -0.2) is 45.1 Å². The van der Waals surface area contributed by atoms with Crippen LogP contribution in [0.3, 0.4) is 0 Å². The second-order valence-electron chi connectivity index (χ2n) is 7.22. The molecule has 1 saturated carbocycles. The molecule has 4 rings (SSSR count). The summed E-state index contributed by atoms with van der Waals surface area (Å²) < 4.78 is 27.5. The molecule has 144 valence electrons. The molecule has 0 bridgehead atoms. The van der Waals surface area contributed by atoms with Gasteiger partial charge in [-0.25, -0.2) is 9.37 Å². The van der Waals surface area contributed by atoms with E-state index in [0.29, 0.717) is 35.7 Å². The van der Waals surface area contributed by atoms with E-state index in [1.165, 1.54) is 6.07 Å². The Morgan fingerprint density at radius 3 is 2.70 bits per heavy atom. The van der Waals surface area contributed by atoms with E-state index in [9.17, 15) is 13.9 Å². The van der Waals surface area contributed by atoms with Gasteiger partial charge in [-0.2, -0.15) is 9.37 Å². The molecular formula is C19H21ClF2N4O. The normalized spacial score (nSPS) is 20.3. The molecule has 0 spiro atoms. The monoisotopic (exact) mass is 394 g/mol. The van der Waals surface area contributed by atoms with Crippen LogP contribution in [0.5, 0.6) is 5.88 Å². The van der Waals surface area contributed by atoms with Crippen molar-refractivity contribution in [3.8, 4) is 5.88 Å². The van der Waals surface area contributed by atoms with Gasteiger partial charge in [0.05, 0.1) is 6.20 Å². The SMILES string of the molecule is Oc1nc(N2CCC[C@@H](N(Cc3ccc(Cl)cc3F)C3CC3)C2)ncc1F. The molecule has 1 saturated heterocycles. The quantitative estimate of drug-likeness (QED) is 0.837. The summed E-state index contributed by atoms with van der Waals surface area (Å²) in [5.74, 6) is -1.42. The van der Waals surface area contributed by atoms with Crippen LogP contribution in [-0.2, 0) is 6.54 Å². The van der Waals surface area contributed by atoms with E-state index < -0.39 is 11.7 Å². The predicted octanol–water partition coefficient (Wildman–Crippen LogP) is 3.75. The highest BCUT2D eigenvalue weighted by molar-refractivity contribution is 6.30. The third kappa shape index (κ3) is 4.14. The molecule has 1 aliphatic carbocycles.